The zero-order chi connectivity index (χ0) is 10.9. The van der Waals surface area contributed by atoms with E-state index in [-0.39, 0.29) is 11.3 Å². The number of aromatic hydroxyl groups is 1. The average Bonchev–Trinajstić information content (AvgIpc) is 2.07. The Balaban J connectivity index is 3.42. The number of benzene rings is 1. The van der Waals surface area contributed by atoms with Crippen molar-refractivity contribution >= 4 is 17.9 Å². The molecule has 0 saturated heterocycles. The van der Waals surface area contributed by atoms with Crippen LogP contribution in [0.25, 0.3) is 0 Å². The van der Waals surface area contributed by atoms with Crippen LogP contribution in [0.3, 0.4) is 0 Å². The van der Waals surface area contributed by atoms with Crippen LogP contribution in [0, 0.1) is 0 Å². The molecule has 1 aromatic carbocycles. The number of hydrogen-bond donors (Lipinski definition) is 1. The van der Waals surface area contributed by atoms with Crippen LogP contribution in [0.2, 0.25) is 5.02 Å². The van der Waals surface area contributed by atoms with E-state index < -0.39 is 23.1 Å². The molecule has 1 N–H and O–H groups in total. The van der Waals surface area contributed by atoms with Crippen LogP contribution >= 0.6 is 11.6 Å². The summed E-state index contributed by atoms with van der Waals surface area (Å²) >= 11 is 5.34. The van der Waals surface area contributed by atoms with Crippen molar-refractivity contribution in [1.82, 2.24) is 0 Å². The molecule has 0 spiro atoms. The summed E-state index contributed by atoms with van der Waals surface area (Å²) in [5.41, 5.74) is -1.80. The van der Waals surface area contributed by atoms with Gasteiger partial charge in [0.25, 0.3) is 0 Å². The highest BCUT2D eigenvalue weighted by atomic mass is 35.5. The smallest absolute Gasteiger partial charge is 0.417 e. The highest BCUT2D eigenvalue weighted by Gasteiger charge is 2.34. The fourth-order valence-corrected chi connectivity index (χ4v) is 1.09. The number of aldehydes is 1. The second-order valence-electron chi connectivity index (χ2n) is 2.51. The lowest BCUT2D eigenvalue weighted by Crippen LogP contribution is -2.08. The monoisotopic (exact) mass is 224 g/mol. The molecular formula is C8H4ClF3O2. The van der Waals surface area contributed by atoms with E-state index in [1.54, 1.807) is 0 Å². The second-order valence-corrected chi connectivity index (χ2v) is 2.91. The zero-order valence-electron chi connectivity index (χ0n) is 6.60. The normalized spacial score (nSPS) is 11.4. The molecule has 0 amide bonds. The maximum atomic E-state index is 12.2. The minimum absolute atomic E-state index is 0.0359. The van der Waals surface area contributed by atoms with Crippen LogP contribution in [-0.4, -0.2) is 11.4 Å². The van der Waals surface area contributed by atoms with Crippen LogP contribution in [-0.2, 0) is 6.18 Å². The number of carbonyl (C=O) groups is 1. The van der Waals surface area contributed by atoms with Gasteiger partial charge in [-0.2, -0.15) is 13.2 Å². The van der Waals surface area contributed by atoms with E-state index >= 15 is 0 Å². The first-order valence-electron chi connectivity index (χ1n) is 3.41. The molecule has 1 rings (SSSR count). The van der Waals surface area contributed by atoms with Gasteiger partial charge in [0, 0.05) is 5.56 Å². The third-order valence-electron chi connectivity index (χ3n) is 1.55. The van der Waals surface area contributed by atoms with Crippen molar-refractivity contribution in [2.24, 2.45) is 0 Å². The van der Waals surface area contributed by atoms with Crippen LogP contribution in [0.15, 0.2) is 12.1 Å². The molecule has 0 aliphatic carbocycles. The lowest BCUT2D eigenvalue weighted by atomic mass is 10.1. The van der Waals surface area contributed by atoms with Crippen molar-refractivity contribution in [3.8, 4) is 5.75 Å². The van der Waals surface area contributed by atoms with Crippen LogP contribution in [0.1, 0.15) is 15.9 Å². The third kappa shape index (κ3) is 1.98. The molecule has 0 aliphatic rings. The topological polar surface area (TPSA) is 37.3 Å². The van der Waals surface area contributed by atoms with E-state index in [0.717, 1.165) is 6.07 Å². The number of rotatable bonds is 1. The van der Waals surface area contributed by atoms with Gasteiger partial charge in [-0.25, -0.2) is 0 Å². The molecule has 0 radical (unpaired) electrons. The van der Waals surface area contributed by atoms with E-state index in [4.69, 9.17) is 16.7 Å². The van der Waals surface area contributed by atoms with Crippen molar-refractivity contribution in [3.05, 3.63) is 28.3 Å². The van der Waals surface area contributed by atoms with Crippen LogP contribution in [0.5, 0.6) is 5.75 Å². The summed E-state index contributed by atoms with van der Waals surface area (Å²) < 4.78 is 36.7. The number of hydrogen-bond acceptors (Lipinski definition) is 2. The highest BCUT2D eigenvalue weighted by Crippen LogP contribution is 2.36. The quantitative estimate of drug-likeness (QED) is 0.745. The summed E-state index contributed by atoms with van der Waals surface area (Å²) in [6, 6.07) is 1.19. The number of carbonyl (C=O) groups excluding carboxylic acids is 1. The second kappa shape index (κ2) is 3.49. The maximum absolute atomic E-state index is 12.2. The predicted molar refractivity (Wildman–Crippen MR) is 43.5 cm³/mol. The first-order valence-corrected chi connectivity index (χ1v) is 3.79. The molecule has 0 aliphatic heterocycles. The van der Waals surface area contributed by atoms with Gasteiger partial charge in [0.05, 0.1) is 10.6 Å². The zero-order valence-corrected chi connectivity index (χ0v) is 7.36. The van der Waals surface area contributed by atoms with Gasteiger partial charge in [0.2, 0.25) is 0 Å². The summed E-state index contributed by atoms with van der Waals surface area (Å²) in [5, 5.41) is 8.64. The van der Waals surface area contributed by atoms with Crippen molar-refractivity contribution in [1.29, 1.82) is 0 Å². The van der Waals surface area contributed by atoms with E-state index in [0.29, 0.717) is 6.07 Å². The van der Waals surface area contributed by atoms with Crippen molar-refractivity contribution in [3.63, 3.8) is 0 Å². The van der Waals surface area contributed by atoms with Crippen molar-refractivity contribution in [2.45, 2.75) is 6.18 Å². The maximum Gasteiger partial charge on any atom is 0.417 e. The summed E-state index contributed by atoms with van der Waals surface area (Å²) in [4.78, 5) is 10.3. The van der Waals surface area contributed by atoms with Gasteiger partial charge in [-0.15, -0.1) is 0 Å². The molecule has 0 atom stereocenters. The minimum Gasteiger partial charge on any atom is -0.506 e. The van der Waals surface area contributed by atoms with Gasteiger partial charge in [0.15, 0.2) is 6.29 Å². The number of alkyl halides is 3. The largest absolute Gasteiger partial charge is 0.506 e. The molecule has 0 bridgehead atoms. The lowest BCUT2D eigenvalue weighted by molar-refractivity contribution is -0.137. The molecule has 0 unspecified atom stereocenters. The SMILES string of the molecule is O=Cc1cc(Cl)c(O)cc1C(F)(F)F. The van der Waals surface area contributed by atoms with E-state index in [1.807, 2.05) is 0 Å². The fourth-order valence-electron chi connectivity index (χ4n) is 0.920. The van der Waals surface area contributed by atoms with E-state index in [2.05, 4.69) is 0 Å². The van der Waals surface area contributed by atoms with Gasteiger partial charge in [-0.3, -0.25) is 4.79 Å². The minimum atomic E-state index is -4.68. The van der Waals surface area contributed by atoms with E-state index in [1.165, 1.54) is 0 Å². The Kier molecular flexibility index (Phi) is 2.71. The number of halogens is 4. The average molecular weight is 225 g/mol. The fraction of sp³-hybridized carbons (Fsp3) is 0.125. The number of phenols is 1. The molecular weight excluding hydrogens is 221 g/mol. The Hall–Kier alpha value is -1.23. The Labute approximate surface area is 81.9 Å². The predicted octanol–water partition coefficient (Wildman–Crippen LogP) is 2.88. The van der Waals surface area contributed by atoms with Gasteiger partial charge >= 0.3 is 6.18 Å². The van der Waals surface area contributed by atoms with Gasteiger partial charge < -0.3 is 5.11 Å². The molecule has 14 heavy (non-hydrogen) atoms. The molecule has 0 saturated carbocycles. The Morgan fingerprint density at radius 2 is 1.93 bits per heavy atom. The van der Waals surface area contributed by atoms with Crippen molar-refractivity contribution < 1.29 is 23.1 Å². The number of phenolic OH excluding ortho intramolecular Hbond substituents is 1. The van der Waals surface area contributed by atoms with Gasteiger partial charge in [-0.1, -0.05) is 11.6 Å². The molecule has 0 heterocycles. The highest BCUT2D eigenvalue weighted by molar-refractivity contribution is 6.32. The Morgan fingerprint density at radius 3 is 2.36 bits per heavy atom. The summed E-state index contributed by atoms with van der Waals surface area (Å²) in [5.74, 6) is -0.704. The summed E-state index contributed by atoms with van der Waals surface area (Å²) in [6.07, 6.45) is -4.65. The first-order chi connectivity index (χ1) is 6.36. The first kappa shape index (κ1) is 10.8. The van der Waals surface area contributed by atoms with Gasteiger partial charge in [-0.05, 0) is 12.1 Å². The Bertz CT molecular complexity index is 374. The molecule has 0 aromatic heterocycles. The molecule has 76 valence electrons. The summed E-state index contributed by atoms with van der Waals surface area (Å²) in [6.45, 7) is 0. The molecule has 0 fully saturated rings. The molecule has 2 nitrogen and oxygen atoms in total. The standard InChI is InChI=1S/C8H4ClF3O2/c9-6-1-4(3-13)5(2-7(6)14)8(10,11)12/h1-3,14H. The van der Waals surface area contributed by atoms with Crippen LogP contribution < -0.4 is 0 Å². The van der Waals surface area contributed by atoms with Crippen molar-refractivity contribution in [2.75, 3.05) is 0 Å². The van der Waals surface area contributed by atoms with Crippen LogP contribution in [0.4, 0.5) is 13.2 Å². The summed E-state index contributed by atoms with van der Waals surface area (Å²) in [7, 11) is 0. The lowest BCUT2D eigenvalue weighted by Gasteiger charge is -2.10. The van der Waals surface area contributed by atoms with Gasteiger partial charge in [0.1, 0.15) is 5.75 Å². The Morgan fingerprint density at radius 1 is 1.36 bits per heavy atom. The third-order valence-corrected chi connectivity index (χ3v) is 1.85. The molecule has 6 heteroatoms. The van der Waals surface area contributed by atoms with E-state index in [9.17, 15) is 18.0 Å². The molecule has 1 aromatic rings.